The van der Waals surface area contributed by atoms with Gasteiger partial charge >= 0.3 is 0 Å². The van der Waals surface area contributed by atoms with Gasteiger partial charge in [-0.25, -0.2) is 9.07 Å². The van der Waals surface area contributed by atoms with Crippen LogP contribution in [0.2, 0.25) is 10.0 Å². The maximum atomic E-state index is 13.3. The van der Waals surface area contributed by atoms with Crippen LogP contribution in [-0.4, -0.2) is 45.0 Å². The molecule has 0 aliphatic rings. The molecule has 0 unspecified atom stereocenters. The maximum Gasteiger partial charge on any atom is 0.125 e. The standard InChI is InChI=1S/C12H14ClN3.C12H14FN3.C11H16.C9H8ClN3/c1-12(2,3)10-8-9(13)4-5-11(10)16-7-6-14-15-16;1-12(2,3)10-5-4-9(13)8-11(10)16-14-6-7-15-16;1-9-6-5-7-10(8-9)11(2,3)4;1-7-6-8(10)2-3-9(7)13-11-4-5-12-13/h2*4-8H,1-3H3;5-8H,1-4H3;2-6H,1H3. The highest BCUT2D eigenvalue weighted by atomic mass is 35.5. The van der Waals surface area contributed by atoms with Crippen LogP contribution in [0.25, 0.3) is 17.1 Å². The largest absolute Gasteiger partial charge is 0.220 e. The van der Waals surface area contributed by atoms with Crippen LogP contribution in [0.4, 0.5) is 4.39 Å². The number of benzene rings is 4. The van der Waals surface area contributed by atoms with Gasteiger partial charge < -0.3 is 0 Å². The van der Waals surface area contributed by atoms with E-state index in [-0.39, 0.29) is 22.1 Å². The zero-order valence-electron chi connectivity index (χ0n) is 34.1. The van der Waals surface area contributed by atoms with Crippen LogP contribution in [0, 0.1) is 19.7 Å². The summed E-state index contributed by atoms with van der Waals surface area (Å²) in [6.45, 7) is 23.5. The van der Waals surface area contributed by atoms with Gasteiger partial charge in [-0.05, 0) is 94.8 Å². The molecule has 4 aromatic carbocycles. The van der Waals surface area contributed by atoms with Crippen molar-refractivity contribution in [1.29, 1.82) is 0 Å². The molecule has 0 saturated heterocycles. The average molecular weight is 797 g/mol. The molecule has 3 heterocycles. The molecule has 9 nitrogen and oxygen atoms in total. The smallest absolute Gasteiger partial charge is 0.125 e. The summed E-state index contributed by atoms with van der Waals surface area (Å²) in [6.07, 6.45) is 9.95. The Hall–Kier alpha value is -5.19. The first-order valence-electron chi connectivity index (χ1n) is 18.3. The molecule has 294 valence electrons. The van der Waals surface area contributed by atoms with E-state index in [0.717, 1.165) is 38.1 Å². The Labute approximate surface area is 340 Å². The molecule has 12 heteroatoms. The monoisotopic (exact) mass is 795 g/mol. The minimum atomic E-state index is -0.277. The van der Waals surface area contributed by atoms with E-state index in [0.29, 0.717) is 5.69 Å². The first-order valence-corrected chi connectivity index (χ1v) is 19.0. The predicted octanol–water partition coefficient (Wildman–Crippen LogP) is 11.4. The minimum Gasteiger partial charge on any atom is -0.220 e. The summed E-state index contributed by atoms with van der Waals surface area (Å²) in [4.78, 5) is 3.02. The molecule has 0 spiro atoms. The summed E-state index contributed by atoms with van der Waals surface area (Å²) in [5, 5.41) is 25.5. The predicted molar refractivity (Wildman–Crippen MR) is 226 cm³/mol. The van der Waals surface area contributed by atoms with E-state index in [1.807, 2.05) is 49.5 Å². The molecular formula is C44H52Cl2FN9. The third-order valence-corrected chi connectivity index (χ3v) is 8.99. The fourth-order valence-corrected chi connectivity index (χ4v) is 5.98. The van der Waals surface area contributed by atoms with Crippen LogP contribution >= 0.6 is 23.2 Å². The Morgan fingerprint density at radius 2 is 1.09 bits per heavy atom. The molecule has 7 aromatic rings. The zero-order valence-corrected chi connectivity index (χ0v) is 35.6. The topological polar surface area (TPSA) is 92.1 Å². The summed E-state index contributed by atoms with van der Waals surface area (Å²) in [6, 6.07) is 24.8. The minimum absolute atomic E-state index is 0.0200. The molecule has 0 N–H and O–H groups in total. The van der Waals surface area contributed by atoms with E-state index < -0.39 is 0 Å². The van der Waals surface area contributed by atoms with Gasteiger partial charge in [0.1, 0.15) is 5.82 Å². The lowest BCUT2D eigenvalue weighted by Crippen LogP contribution is -2.16. The van der Waals surface area contributed by atoms with Crippen molar-refractivity contribution in [2.75, 3.05) is 0 Å². The molecule has 0 radical (unpaired) electrons. The van der Waals surface area contributed by atoms with Crippen molar-refractivity contribution in [3.63, 3.8) is 0 Å². The lowest BCUT2D eigenvalue weighted by atomic mass is 9.86. The van der Waals surface area contributed by atoms with Crippen LogP contribution in [0.1, 0.15) is 90.1 Å². The highest BCUT2D eigenvalue weighted by molar-refractivity contribution is 6.31. The molecule has 0 aliphatic heterocycles. The molecule has 56 heavy (non-hydrogen) atoms. The Balaban J connectivity index is 0.000000168. The van der Waals surface area contributed by atoms with Gasteiger partial charge in [0.2, 0.25) is 0 Å². The summed E-state index contributed by atoms with van der Waals surface area (Å²) >= 11 is 11.9. The lowest BCUT2D eigenvalue weighted by molar-refractivity contribution is 0.568. The lowest BCUT2D eigenvalue weighted by Gasteiger charge is -2.22. The van der Waals surface area contributed by atoms with Crippen LogP contribution in [0.3, 0.4) is 0 Å². The number of hydrogen-bond donors (Lipinski definition) is 0. The number of hydrogen-bond acceptors (Lipinski definition) is 6. The second-order valence-corrected chi connectivity index (χ2v) is 17.2. The quantitative estimate of drug-likeness (QED) is 0.177. The Bertz CT molecular complexity index is 2260. The maximum absolute atomic E-state index is 13.3. The molecule has 0 aliphatic carbocycles. The Morgan fingerprint density at radius 3 is 1.57 bits per heavy atom. The molecule has 0 amide bonds. The van der Waals surface area contributed by atoms with Crippen molar-refractivity contribution in [2.45, 2.75) is 92.4 Å². The molecule has 0 bridgehead atoms. The van der Waals surface area contributed by atoms with Gasteiger partial charge in [0.25, 0.3) is 0 Å². The average Bonchev–Trinajstić information content (AvgIpc) is 3.93. The van der Waals surface area contributed by atoms with Crippen LogP contribution in [-0.2, 0) is 16.2 Å². The molecule has 0 saturated carbocycles. The van der Waals surface area contributed by atoms with Gasteiger partial charge in [-0.1, -0.05) is 127 Å². The van der Waals surface area contributed by atoms with Crippen molar-refractivity contribution < 1.29 is 4.39 Å². The van der Waals surface area contributed by atoms with E-state index >= 15 is 0 Å². The summed E-state index contributed by atoms with van der Waals surface area (Å²) in [5.74, 6) is -0.277. The fourth-order valence-electron chi connectivity index (χ4n) is 5.59. The number of aryl methyl sites for hydroxylation is 2. The molecular weight excluding hydrogens is 744 g/mol. The zero-order chi connectivity index (χ0) is 41.3. The van der Waals surface area contributed by atoms with Crippen molar-refractivity contribution in [2.24, 2.45) is 0 Å². The van der Waals surface area contributed by atoms with E-state index in [1.165, 1.54) is 28.1 Å². The van der Waals surface area contributed by atoms with Gasteiger partial charge in [0, 0.05) is 16.1 Å². The van der Waals surface area contributed by atoms with Gasteiger partial charge in [-0.2, -0.15) is 30.0 Å². The Morgan fingerprint density at radius 1 is 0.536 bits per heavy atom. The van der Waals surface area contributed by atoms with Gasteiger partial charge in [0.15, 0.2) is 0 Å². The van der Waals surface area contributed by atoms with Crippen molar-refractivity contribution in [1.82, 2.24) is 45.0 Å². The highest BCUT2D eigenvalue weighted by Crippen LogP contribution is 2.31. The van der Waals surface area contributed by atoms with Crippen LogP contribution < -0.4 is 0 Å². The van der Waals surface area contributed by atoms with Gasteiger partial charge in [-0.3, -0.25) is 0 Å². The first-order chi connectivity index (χ1) is 26.2. The number of nitrogens with zero attached hydrogens (tertiary/aromatic N) is 9. The van der Waals surface area contributed by atoms with E-state index in [9.17, 15) is 4.39 Å². The van der Waals surface area contributed by atoms with Crippen molar-refractivity contribution in [3.05, 3.63) is 160 Å². The SMILES string of the molecule is CC(C)(C)c1cc(Cl)ccc1-n1ccnn1.CC(C)(C)c1ccc(F)cc1-n1nccn1.Cc1cc(Cl)ccc1-n1nccn1.Cc1cccc(C(C)(C)C)c1. The van der Waals surface area contributed by atoms with E-state index in [2.05, 4.69) is 124 Å². The van der Waals surface area contributed by atoms with Crippen molar-refractivity contribution in [3.8, 4) is 17.1 Å². The van der Waals surface area contributed by atoms with Crippen molar-refractivity contribution >= 4 is 23.2 Å². The highest BCUT2D eigenvalue weighted by Gasteiger charge is 2.21. The number of rotatable bonds is 3. The third kappa shape index (κ3) is 12.4. The second-order valence-electron chi connectivity index (χ2n) is 16.4. The van der Waals surface area contributed by atoms with E-state index in [4.69, 9.17) is 23.2 Å². The third-order valence-electron chi connectivity index (χ3n) is 8.52. The van der Waals surface area contributed by atoms with Crippen LogP contribution in [0.5, 0.6) is 0 Å². The van der Waals surface area contributed by atoms with Gasteiger partial charge in [0.05, 0.1) is 54.2 Å². The molecule has 3 aromatic heterocycles. The second kappa shape index (κ2) is 18.6. The summed E-state index contributed by atoms with van der Waals surface area (Å²) < 4.78 is 15.0. The molecule has 7 rings (SSSR count). The van der Waals surface area contributed by atoms with Crippen LogP contribution in [0.15, 0.2) is 116 Å². The fraction of sp³-hybridized carbons (Fsp3) is 0.318. The molecule has 0 fully saturated rings. The normalized spacial score (nSPS) is 11.4. The number of aromatic nitrogens is 9. The first kappa shape index (κ1) is 43.5. The Kier molecular flexibility index (Phi) is 14.5. The van der Waals surface area contributed by atoms with E-state index in [1.54, 1.807) is 46.5 Å². The van der Waals surface area contributed by atoms with Gasteiger partial charge in [-0.15, -0.1) is 5.10 Å². The summed E-state index contributed by atoms with van der Waals surface area (Å²) in [5.41, 5.74) is 8.89. The molecule has 0 atom stereocenters. The summed E-state index contributed by atoms with van der Waals surface area (Å²) in [7, 11) is 0. The number of halogens is 3.